The van der Waals surface area contributed by atoms with Gasteiger partial charge in [0.25, 0.3) is 5.91 Å². The summed E-state index contributed by atoms with van der Waals surface area (Å²) in [6.45, 7) is 3.13. The van der Waals surface area contributed by atoms with E-state index in [1.165, 1.54) is 0 Å². The van der Waals surface area contributed by atoms with Crippen LogP contribution in [-0.4, -0.2) is 40.2 Å². The van der Waals surface area contributed by atoms with Crippen molar-refractivity contribution < 1.29 is 9.53 Å². The molecule has 22 heavy (non-hydrogen) atoms. The van der Waals surface area contributed by atoms with Crippen molar-refractivity contribution in [1.82, 2.24) is 20.3 Å². The van der Waals surface area contributed by atoms with E-state index in [1.807, 2.05) is 31.2 Å². The largest absolute Gasteiger partial charge is 0.376 e. The highest BCUT2D eigenvalue weighted by molar-refractivity contribution is 9.10. The molecule has 1 amide bonds. The molecule has 7 heteroatoms. The first kappa shape index (κ1) is 15.2. The SMILES string of the molecule is Cc1c(C(=O)NC[C@H]2CCCO2)nnn1-c1ccc(Br)cc1. The summed E-state index contributed by atoms with van der Waals surface area (Å²) in [5, 5.41) is 11.0. The maximum absolute atomic E-state index is 12.2. The molecule has 6 nitrogen and oxygen atoms in total. The topological polar surface area (TPSA) is 69.0 Å². The summed E-state index contributed by atoms with van der Waals surface area (Å²) in [7, 11) is 0. The Morgan fingerprint density at radius 1 is 1.45 bits per heavy atom. The molecule has 0 aliphatic carbocycles. The van der Waals surface area contributed by atoms with E-state index < -0.39 is 0 Å². The van der Waals surface area contributed by atoms with E-state index in [2.05, 4.69) is 31.6 Å². The normalized spacial score (nSPS) is 17.6. The number of nitrogens with one attached hydrogen (secondary N) is 1. The molecule has 1 aliphatic rings. The van der Waals surface area contributed by atoms with Crippen molar-refractivity contribution in [2.45, 2.75) is 25.9 Å². The number of rotatable bonds is 4. The number of benzene rings is 1. The maximum atomic E-state index is 12.2. The number of hydrogen-bond acceptors (Lipinski definition) is 4. The Morgan fingerprint density at radius 2 is 2.23 bits per heavy atom. The van der Waals surface area contributed by atoms with Crippen molar-refractivity contribution in [1.29, 1.82) is 0 Å². The summed E-state index contributed by atoms with van der Waals surface area (Å²) in [6, 6.07) is 7.68. The van der Waals surface area contributed by atoms with Gasteiger partial charge in [0.1, 0.15) is 0 Å². The fourth-order valence-corrected chi connectivity index (χ4v) is 2.73. The molecule has 2 aromatic rings. The van der Waals surface area contributed by atoms with Crippen molar-refractivity contribution in [3.8, 4) is 5.69 Å². The lowest BCUT2D eigenvalue weighted by atomic mass is 10.2. The van der Waals surface area contributed by atoms with E-state index in [9.17, 15) is 4.79 Å². The predicted molar refractivity (Wildman–Crippen MR) is 85.1 cm³/mol. The zero-order chi connectivity index (χ0) is 15.5. The first-order valence-electron chi connectivity index (χ1n) is 7.23. The van der Waals surface area contributed by atoms with Gasteiger partial charge >= 0.3 is 0 Å². The minimum Gasteiger partial charge on any atom is -0.376 e. The third-order valence-electron chi connectivity index (χ3n) is 3.70. The fraction of sp³-hybridized carbons (Fsp3) is 0.400. The Bertz CT molecular complexity index is 663. The van der Waals surface area contributed by atoms with E-state index in [-0.39, 0.29) is 12.0 Å². The molecule has 1 atom stereocenters. The number of halogens is 1. The van der Waals surface area contributed by atoms with Crippen molar-refractivity contribution >= 4 is 21.8 Å². The molecule has 2 heterocycles. The van der Waals surface area contributed by atoms with Gasteiger partial charge in [-0.3, -0.25) is 4.79 Å². The van der Waals surface area contributed by atoms with E-state index in [4.69, 9.17) is 4.74 Å². The van der Waals surface area contributed by atoms with Crippen LogP contribution in [0.3, 0.4) is 0 Å². The Balaban J connectivity index is 1.72. The Morgan fingerprint density at radius 3 is 2.91 bits per heavy atom. The number of ether oxygens (including phenoxy) is 1. The monoisotopic (exact) mass is 364 g/mol. The minimum atomic E-state index is -0.212. The van der Waals surface area contributed by atoms with Gasteiger partial charge in [-0.25, -0.2) is 4.68 Å². The van der Waals surface area contributed by atoms with Gasteiger partial charge in [0.2, 0.25) is 0 Å². The highest BCUT2D eigenvalue weighted by Crippen LogP contribution is 2.16. The van der Waals surface area contributed by atoms with Crippen LogP contribution >= 0.6 is 15.9 Å². The zero-order valence-electron chi connectivity index (χ0n) is 12.3. The third kappa shape index (κ3) is 3.20. The second-order valence-electron chi connectivity index (χ2n) is 5.26. The van der Waals surface area contributed by atoms with Crippen LogP contribution in [0, 0.1) is 6.92 Å². The number of aromatic nitrogens is 3. The number of hydrogen-bond donors (Lipinski definition) is 1. The van der Waals surface area contributed by atoms with Gasteiger partial charge < -0.3 is 10.1 Å². The predicted octanol–water partition coefficient (Wildman–Crippen LogP) is 2.25. The molecule has 0 unspecified atom stereocenters. The van der Waals surface area contributed by atoms with Crippen LogP contribution in [0.1, 0.15) is 29.0 Å². The second kappa shape index (κ2) is 6.58. The zero-order valence-corrected chi connectivity index (χ0v) is 13.8. The number of carbonyl (C=O) groups excluding carboxylic acids is 1. The standard InChI is InChI=1S/C15H17BrN4O2/c1-10-14(15(21)17-9-13-3-2-8-22-13)18-19-20(10)12-6-4-11(16)5-7-12/h4-7,13H,2-3,8-9H2,1H3,(H,17,21)/t13-/m1/s1. The van der Waals surface area contributed by atoms with Crippen LogP contribution in [0.15, 0.2) is 28.7 Å². The van der Waals surface area contributed by atoms with Gasteiger partial charge in [-0.15, -0.1) is 5.10 Å². The Labute approximate surface area is 137 Å². The first-order chi connectivity index (χ1) is 10.6. The van der Waals surface area contributed by atoms with E-state index in [1.54, 1.807) is 4.68 Å². The molecule has 0 spiro atoms. The van der Waals surface area contributed by atoms with E-state index in [0.717, 1.165) is 29.6 Å². The Hall–Kier alpha value is -1.73. The average Bonchev–Trinajstić information content (AvgIpc) is 3.15. The molecule has 1 N–H and O–H groups in total. The van der Waals surface area contributed by atoms with Gasteiger partial charge in [-0.05, 0) is 44.0 Å². The van der Waals surface area contributed by atoms with Gasteiger partial charge in [-0.2, -0.15) is 0 Å². The summed E-state index contributed by atoms with van der Waals surface area (Å²) in [4.78, 5) is 12.2. The van der Waals surface area contributed by atoms with E-state index >= 15 is 0 Å². The smallest absolute Gasteiger partial charge is 0.273 e. The van der Waals surface area contributed by atoms with Crippen LogP contribution < -0.4 is 5.32 Å². The van der Waals surface area contributed by atoms with Gasteiger partial charge in [-0.1, -0.05) is 21.1 Å². The number of carbonyl (C=O) groups is 1. The minimum absolute atomic E-state index is 0.116. The molecular formula is C15H17BrN4O2. The van der Waals surface area contributed by atoms with Crippen LogP contribution in [0.4, 0.5) is 0 Å². The number of amides is 1. The lowest BCUT2D eigenvalue weighted by molar-refractivity contribution is 0.0853. The van der Waals surface area contributed by atoms with Gasteiger partial charge in [0.15, 0.2) is 5.69 Å². The Kier molecular flexibility index (Phi) is 4.54. The molecule has 1 saturated heterocycles. The summed E-state index contributed by atoms with van der Waals surface area (Å²) in [5.74, 6) is -0.212. The van der Waals surface area contributed by atoms with E-state index in [0.29, 0.717) is 17.9 Å². The molecule has 3 rings (SSSR count). The molecule has 0 radical (unpaired) electrons. The summed E-state index contributed by atoms with van der Waals surface area (Å²) in [6.07, 6.45) is 2.16. The van der Waals surface area contributed by atoms with Crippen molar-refractivity contribution in [3.05, 3.63) is 40.1 Å². The van der Waals surface area contributed by atoms with Crippen LogP contribution in [-0.2, 0) is 4.74 Å². The molecule has 116 valence electrons. The summed E-state index contributed by atoms with van der Waals surface area (Å²) >= 11 is 3.40. The van der Waals surface area contributed by atoms with Crippen molar-refractivity contribution in [2.24, 2.45) is 0 Å². The highest BCUT2D eigenvalue weighted by Gasteiger charge is 2.20. The van der Waals surface area contributed by atoms with Crippen molar-refractivity contribution in [2.75, 3.05) is 13.2 Å². The molecule has 0 bridgehead atoms. The van der Waals surface area contributed by atoms with Crippen LogP contribution in [0.2, 0.25) is 0 Å². The van der Waals surface area contributed by atoms with Crippen LogP contribution in [0.25, 0.3) is 5.69 Å². The highest BCUT2D eigenvalue weighted by atomic mass is 79.9. The van der Waals surface area contributed by atoms with Crippen molar-refractivity contribution in [3.63, 3.8) is 0 Å². The fourth-order valence-electron chi connectivity index (χ4n) is 2.46. The van der Waals surface area contributed by atoms with Gasteiger partial charge in [0.05, 0.1) is 17.5 Å². The van der Waals surface area contributed by atoms with Gasteiger partial charge in [0, 0.05) is 17.6 Å². The maximum Gasteiger partial charge on any atom is 0.273 e. The first-order valence-corrected chi connectivity index (χ1v) is 8.02. The lowest BCUT2D eigenvalue weighted by Gasteiger charge is -2.10. The molecular weight excluding hydrogens is 348 g/mol. The molecule has 1 fully saturated rings. The summed E-state index contributed by atoms with van der Waals surface area (Å²) < 4.78 is 8.14. The molecule has 1 aliphatic heterocycles. The molecule has 0 saturated carbocycles. The molecule has 1 aromatic heterocycles. The average molecular weight is 365 g/mol. The molecule has 1 aromatic carbocycles. The van der Waals surface area contributed by atoms with Crippen LogP contribution in [0.5, 0.6) is 0 Å². The lowest BCUT2D eigenvalue weighted by Crippen LogP contribution is -2.32. The quantitative estimate of drug-likeness (QED) is 0.903. The second-order valence-corrected chi connectivity index (χ2v) is 6.17. The number of nitrogens with zero attached hydrogens (tertiary/aromatic N) is 3. The summed E-state index contributed by atoms with van der Waals surface area (Å²) in [5.41, 5.74) is 1.93. The third-order valence-corrected chi connectivity index (χ3v) is 4.22.